The highest BCUT2D eigenvalue weighted by Crippen LogP contribution is 2.27. The van der Waals surface area contributed by atoms with Gasteiger partial charge in [-0.05, 0) is 25.1 Å². The number of halogens is 1. The summed E-state index contributed by atoms with van der Waals surface area (Å²) in [7, 11) is 3.07. The first kappa shape index (κ1) is 14.7. The molecule has 0 aliphatic heterocycles. The Morgan fingerprint density at radius 1 is 1.25 bits per heavy atom. The van der Waals surface area contributed by atoms with Crippen LogP contribution in [-0.2, 0) is 0 Å². The first-order valence-corrected chi connectivity index (χ1v) is 4.62. The lowest BCUT2D eigenvalue weighted by Crippen LogP contribution is -2.26. The maximum atomic E-state index is 11.6. The molecule has 2 N–H and O–H groups in total. The van der Waals surface area contributed by atoms with E-state index in [9.17, 15) is 4.79 Å². The molecule has 0 bridgehead atoms. The first-order valence-electron chi connectivity index (χ1n) is 4.62. The van der Waals surface area contributed by atoms with E-state index in [1.807, 2.05) is 0 Å². The Hall–Kier alpha value is -1.26. The van der Waals surface area contributed by atoms with E-state index in [2.05, 4.69) is 0 Å². The largest absolute Gasteiger partial charge is 0.493 e. The van der Waals surface area contributed by atoms with Crippen LogP contribution in [0.5, 0.6) is 11.5 Å². The maximum Gasteiger partial charge on any atom is 0.179 e. The molecule has 4 nitrogen and oxygen atoms in total. The van der Waals surface area contributed by atoms with Crippen LogP contribution in [-0.4, -0.2) is 26.0 Å². The Labute approximate surface area is 101 Å². The number of ether oxygens (including phenoxy) is 2. The first-order chi connectivity index (χ1) is 7.10. The Morgan fingerprint density at radius 2 is 1.81 bits per heavy atom. The normalized spacial score (nSPS) is 11.2. The molecule has 5 heteroatoms. The van der Waals surface area contributed by atoms with Crippen LogP contribution in [0.1, 0.15) is 17.3 Å². The maximum absolute atomic E-state index is 11.6. The zero-order valence-electron chi connectivity index (χ0n) is 9.52. The van der Waals surface area contributed by atoms with Crippen molar-refractivity contribution in [2.24, 2.45) is 5.73 Å². The number of carbonyl (C=O) groups excluding carboxylic acids is 1. The van der Waals surface area contributed by atoms with Crippen molar-refractivity contribution in [3.05, 3.63) is 23.8 Å². The van der Waals surface area contributed by atoms with E-state index >= 15 is 0 Å². The SMILES string of the molecule is COc1ccc(C(=O)C(C)N)cc1OC.Cl. The van der Waals surface area contributed by atoms with Gasteiger partial charge in [0.25, 0.3) is 0 Å². The minimum absolute atomic E-state index is 0. The van der Waals surface area contributed by atoms with Gasteiger partial charge in [-0.3, -0.25) is 4.79 Å². The molecule has 1 atom stereocenters. The van der Waals surface area contributed by atoms with Crippen molar-refractivity contribution in [2.45, 2.75) is 13.0 Å². The number of ketones is 1. The van der Waals surface area contributed by atoms with E-state index in [4.69, 9.17) is 15.2 Å². The van der Waals surface area contributed by atoms with Gasteiger partial charge in [-0.25, -0.2) is 0 Å². The molecule has 0 amide bonds. The molecule has 90 valence electrons. The molecule has 0 saturated carbocycles. The molecule has 0 saturated heterocycles. The molecule has 1 rings (SSSR count). The lowest BCUT2D eigenvalue weighted by atomic mass is 10.1. The third-order valence-electron chi connectivity index (χ3n) is 2.08. The molecule has 0 aliphatic rings. The quantitative estimate of drug-likeness (QED) is 0.820. The minimum Gasteiger partial charge on any atom is -0.493 e. The van der Waals surface area contributed by atoms with Crippen molar-refractivity contribution in [3.63, 3.8) is 0 Å². The zero-order valence-corrected chi connectivity index (χ0v) is 10.3. The van der Waals surface area contributed by atoms with Gasteiger partial charge < -0.3 is 15.2 Å². The van der Waals surface area contributed by atoms with E-state index in [-0.39, 0.29) is 18.2 Å². The molecule has 0 heterocycles. The molecule has 0 spiro atoms. The van der Waals surface area contributed by atoms with Crippen LogP contribution < -0.4 is 15.2 Å². The number of hydrogen-bond donors (Lipinski definition) is 1. The number of rotatable bonds is 4. The lowest BCUT2D eigenvalue weighted by Gasteiger charge is -2.10. The van der Waals surface area contributed by atoms with E-state index < -0.39 is 6.04 Å². The van der Waals surface area contributed by atoms with Crippen LogP contribution in [0.3, 0.4) is 0 Å². The van der Waals surface area contributed by atoms with Crippen molar-refractivity contribution < 1.29 is 14.3 Å². The second-order valence-corrected chi connectivity index (χ2v) is 3.22. The van der Waals surface area contributed by atoms with Crippen molar-refractivity contribution in [3.8, 4) is 11.5 Å². The average Bonchev–Trinajstić information content (AvgIpc) is 2.26. The van der Waals surface area contributed by atoms with Gasteiger partial charge in [-0.15, -0.1) is 12.4 Å². The summed E-state index contributed by atoms with van der Waals surface area (Å²) in [5.74, 6) is 1.01. The summed E-state index contributed by atoms with van der Waals surface area (Å²) in [6.45, 7) is 1.65. The van der Waals surface area contributed by atoms with Crippen LogP contribution in [0.2, 0.25) is 0 Å². The Bertz CT molecular complexity index is 366. The summed E-state index contributed by atoms with van der Waals surface area (Å²) in [6, 6.07) is 4.48. The van der Waals surface area contributed by atoms with Gasteiger partial charge in [0.15, 0.2) is 17.3 Å². The number of carbonyl (C=O) groups is 1. The summed E-state index contributed by atoms with van der Waals surface area (Å²) >= 11 is 0. The fourth-order valence-corrected chi connectivity index (χ4v) is 1.25. The smallest absolute Gasteiger partial charge is 0.179 e. The number of hydrogen-bond acceptors (Lipinski definition) is 4. The van der Waals surface area contributed by atoms with Crippen LogP contribution in [0.4, 0.5) is 0 Å². The van der Waals surface area contributed by atoms with Gasteiger partial charge in [0.05, 0.1) is 20.3 Å². The summed E-state index contributed by atoms with van der Waals surface area (Å²) in [6.07, 6.45) is 0. The Balaban J connectivity index is 0.00000225. The molecule has 1 aromatic rings. The number of benzene rings is 1. The second-order valence-electron chi connectivity index (χ2n) is 3.22. The molecule has 1 unspecified atom stereocenters. The molecule has 1 aromatic carbocycles. The number of nitrogens with two attached hydrogens (primary N) is 1. The highest BCUT2D eigenvalue weighted by atomic mass is 35.5. The van der Waals surface area contributed by atoms with Crippen LogP contribution in [0.25, 0.3) is 0 Å². The molecule has 0 aliphatic carbocycles. The Kier molecular flexibility index (Phi) is 5.85. The standard InChI is InChI=1S/C11H15NO3.ClH/c1-7(12)11(13)8-4-5-9(14-2)10(6-8)15-3;/h4-7H,12H2,1-3H3;1H. The van der Waals surface area contributed by atoms with Crippen LogP contribution in [0, 0.1) is 0 Å². The highest BCUT2D eigenvalue weighted by molar-refractivity contribution is 6.00. The van der Waals surface area contributed by atoms with E-state index in [1.165, 1.54) is 7.11 Å². The van der Waals surface area contributed by atoms with Gasteiger partial charge in [-0.2, -0.15) is 0 Å². The van der Waals surface area contributed by atoms with Crippen LogP contribution >= 0.6 is 12.4 Å². The van der Waals surface area contributed by atoms with Crippen molar-refractivity contribution in [1.29, 1.82) is 0 Å². The minimum atomic E-state index is -0.511. The van der Waals surface area contributed by atoms with Crippen molar-refractivity contribution in [1.82, 2.24) is 0 Å². The predicted octanol–water partition coefficient (Wildman–Crippen LogP) is 1.66. The summed E-state index contributed by atoms with van der Waals surface area (Å²) < 4.78 is 10.2. The number of Topliss-reactive ketones (excluding diaryl/α,β-unsaturated/α-hetero) is 1. The third kappa shape index (κ3) is 3.12. The van der Waals surface area contributed by atoms with Gasteiger partial charge in [-0.1, -0.05) is 0 Å². The Morgan fingerprint density at radius 3 is 2.25 bits per heavy atom. The highest BCUT2D eigenvalue weighted by Gasteiger charge is 2.13. The van der Waals surface area contributed by atoms with Crippen molar-refractivity contribution in [2.75, 3.05) is 14.2 Å². The zero-order chi connectivity index (χ0) is 11.4. The molecule has 16 heavy (non-hydrogen) atoms. The predicted molar refractivity (Wildman–Crippen MR) is 64.8 cm³/mol. The van der Waals surface area contributed by atoms with E-state index in [0.717, 1.165) is 0 Å². The fourth-order valence-electron chi connectivity index (χ4n) is 1.25. The molecule has 0 fully saturated rings. The second kappa shape index (κ2) is 6.35. The van der Waals surface area contributed by atoms with Crippen molar-refractivity contribution >= 4 is 18.2 Å². The summed E-state index contributed by atoms with van der Waals surface area (Å²) in [5, 5.41) is 0. The summed E-state index contributed by atoms with van der Waals surface area (Å²) in [5.41, 5.74) is 6.04. The molecule has 0 aromatic heterocycles. The lowest BCUT2D eigenvalue weighted by molar-refractivity contribution is 0.0967. The van der Waals surface area contributed by atoms with Gasteiger partial charge in [0.2, 0.25) is 0 Å². The third-order valence-corrected chi connectivity index (χ3v) is 2.08. The molecular weight excluding hydrogens is 230 g/mol. The summed E-state index contributed by atoms with van der Waals surface area (Å²) in [4.78, 5) is 11.6. The average molecular weight is 246 g/mol. The van der Waals surface area contributed by atoms with E-state index in [1.54, 1.807) is 32.2 Å². The van der Waals surface area contributed by atoms with E-state index in [0.29, 0.717) is 17.1 Å². The fraction of sp³-hybridized carbons (Fsp3) is 0.364. The van der Waals surface area contributed by atoms with Gasteiger partial charge >= 0.3 is 0 Å². The van der Waals surface area contributed by atoms with Gasteiger partial charge in [0.1, 0.15) is 0 Å². The molecule has 0 radical (unpaired) electrons. The monoisotopic (exact) mass is 245 g/mol. The van der Waals surface area contributed by atoms with Gasteiger partial charge in [0, 0.05) is 5.56 Å². The number of methoxy groups -OCH3 is 2. The van der Waals surface area contributed by atoms with Crippen LogP contribution in [0.15, 0.2) is 18.2 Å². The molecular formula is C11H16ClNO3. The topological polar surface area (TPSA) is 61.5 Å².